The van der Waals surface area contributed by atoms with Gasteiger partial charge in [-0.2, -0.15) is 0 Å². The number of carbonyl (C=O) groups excluding carboxylic acids is 1. The van der Waals surface area contributed by atoms with Crippen molar-refractivity contribution >= 4 is 33.4 Å². The predicted molar refractivity (Wildman–Crippen MR) is 67.2 cm³/mol. The van der Waals surface area contributed by atoms with E-state index in [0.29, 0.717) is 11.4 Å². The van der Waals surface area contributed by atoms with Gasteiger partial charge >= 0.3 is 0 Å². The van der Waals surface area contributed by atoms with Crippen LogP contribution in [0.4, 0.5) is 0 Å². The van der Waals surface area contributed by atoms with Crippen molar-refractivity contribution in [1.29, 1.82) is 0 Å². The summed E-state index contributed by atoms with van der Waals surface area (Å²) >= 11 is 9.28. The van der Waals surface area contributed by atoms with Gasteiger partial charge < -0.3 is 11.1 Å². The van der Waals surface area contributed by atoms with Gasteiger partial charge in [0.15, 0.2) is 0 Å². The molecule has 0 aliphatic carbocycles. The average molecular weight is 304 g/mol. The standard InChI is InChI=1S/C11H12BrClN2O/c12-7-5-6(1-2-8(7)13)11-9(14)3-4-10(16)15-11/h1-2,5,9,11H,3-4,14H2,(H,15,16). The molecule has 0 aromatic heterocycles. The first-order chi connectivity index (χ1) is 7.58. The van der Waals surface area contributed by atoms with Crippen LogP contribution in [0.2, 0.25) is 5.02 Å². The number of benzene rings is 1. The highest BCUT2D eigenvalue weighted by atomic mass is 79.9. The van der Waals surface area contributed by atoms with E-state index in [1.54, 1.807) is 6.07 Å². The van der Waals surface area contributed by atoms with Gasteiger partial charge in [-0.3, -0.25) is 4.79 Å². The summed E-state index contributed by atoms with van der Waals surface area (Å²) in [4.78, 5) is 11.3. The molecule has 1 aromatic rings. The molecule has 1 aliphatic rings. The molecule has 0 radical (unpaired) electrons. The van der Waals surface area contributed by atoms with Crippen molar-refractivity contribution in [3.8, 4) is 0 Å². The molecule has 2 atom stereocenters. The van der Waals surface area contributed by atoms with Crippen molar-refractivity contribution < 1.29 is 4.79 Å². The summed E-state index contributed by atoms with van der Waals surface area (Å²) in [5, 5.41) is 3.55. The van der Waals surface area contributed by atoms with E-state index in [1.807, 2.05) is 12.1 Å². The summed E-state index contributed by atoms with van der Waals surface area (Å²) in [6, 6.07) is 5.44. The van der Waals surface area contributed by atoms with E-state index in [-0.39, 0.29) is 18.0 Å². The minimum Gasteiger partial charge on any atom is -0.348 e. The number of piperidine rings is 1. The summed E-state index contributed by atoms with van der Waals surface area (Å²) in [7, 11) is 0. The Bertz CT molecular complexity index is 424. The van der Waals surface area contributed by atoms with Crippen molar-refractivity contribution in [2.75, 3.05) is 0 Å². The van der Waals surface area contributed by atoms with Crippen LogP contribution in [0.1, 0.15) is 24.4 Å². The van der Waals surface area contributed by atoms with E-state index >= 15 is 0 Å². The number of rotatable bonds is 1. The van der Waals surface area contributed by atoms with Crippen molar-refractivity contribution in [3.63, 3.8) is 0 Å². The van der Waals surface area contributed by atoms with Gasteiger partial charge in [-0.1, -0.05) is 17.7 Å². The molecule has 2 unspecified atom stereocenters. The first kappa shape index (κ1) is 11.9. The molecule has 1 amide bonds. The maximum Gasteiger partial charge on any atom is 0.220 e. The number of hydrogen-bond donors (Lipinski definition) is 2. The lowest BCUT2D eigenvalue weighted by Gasteiger charge is -2.30. The second-order valence-corrected chi connectivity index (χ2v) is 5.18. The molecule has 86 valence electrons. The average Bonchev–Trinajstić information content (AvgIpc) is 2.26. The Morgan fingerprint density at radius 3 is 2.94 bits per heavy atom. The van der Waals surface area contributed by atoms with Crippen LogP contribution in [0.25, 0.3) is 0 Å². The van der Waals surface area contributed by atoms with Crippen molar-refractivity contribution in [1.82, 2.24) is 5.32 Å². The largest absolute Gasteiger partial charge is 0.348 e. The van der Waals surface area contributed by atoms with Crippen LogP contribution in [0.3, 0.4) is 0 Å². The van der Waals surface area contributed by atoms with Crippen LogP contribution in [0, 0.1) is 0 Å². The minimum atomic E-state index is -0.116. The Balaban J connectivity index is 2.28. The van der Waals surface area contributed by atoms with Gasteiger partial charge in [-0.15, -0.1) is 0 Å². The van der Waals surface area contributed by atoms with E-state index in [1.165, 1.54) is 0 Å². The lowest BCUT2D eigenvalue weighted by Crippen LogP contribution is -2.45. The zero-order valence-electron chi connectivity index (χ0n) is 8.54. The SMILES string of the molecule is NC1CCC(=O)NC1c1ccc(Cl)c(Br)c1. The smallest absolute Gasteiger partial charge is 0.220 e. The monoisotopic (exact) mass is 302 g/mol. The maximum absolute atomic E-state index is 11.3. The molecule has 1 heterocycles. The highest BCUT2D eigenvalue weighted by molar-refractivity contribution is 9.10. The molecule has 1 fully saturated rings. The molecule has 0 spiro atoms. The van der Waals surface area contributed by atoms with Gasteiger partial charge in [0.25, 0.3) is 0 Å². The van der Waals surface area contributed by atoms with Gasteiger partial charge in [0.2, 0.25) is 5.91 Å². The third kappa shape index (κ3) is 2.39. The van der Waals surface area contributed by atoms with E-state index in [9.17, 15) is 4.79 Å². The lowest BCUT2D eigenvalue weighted by molar-refractivity contribution is -0.123. The van der Waals surface area contributed by atoms with Crippen molar-refractivity contribution in [2.24, 2.45) is 5.73 Å². The number of nitrogens with two attached hydrogens (primary N) is 1. The normalized spacial score (nSPS) is 25.3. The molecule has 5 heteroatoms. The number of nitrogens with one attached hydrogen (secondary N) is 1. The Kier molecular flexibility index (Phi) is 3.52. The number of halogens is 2. The zero-order chi connectivity index (χ0) is 11.7. The van der Waals surface area contributed by atoms with Crippen molar-refractivity contribution in [2.45, 2.75) is 24.9 Å². The summed E-state index contributed by atoms with van der Waals surface area (Å²) in [5.74, 6) is 0.0535. The fraction of sp³-hybridized carbons (Fsp3) is 0.364. The van der Waals surface area contributed by atoms with E-state index in [2.05, 4.69) is 21.2 Å². The maximum atomic E-state index is 11.3. The van der Waals surface area contributed by atoms with Gasteiger partial charge in [0.05, 0.1) is 11.1 Å². The van der Waals surface area contributed by atoms with E-state index < -0.39 is 0 Å². The minimum absolute atomic E-state index is 0.0363. The van der Waals surface area contributed by atoms with Crippen LogP contribution in [0.15, 0.2) is 22.7 Å². The van der Waals surface area contributed by atoms with Crippen LogP contribution in [0.5, 0.6) is 0 Å². The fourth-order valence-corrected chi connectivity index (χ4v) is 2.37. The summed E-state index contributed by atoms with van der Waals surface area (Å²) in [6.07, 6.45) is 1.23. The molecule has 1 saturated heterocycles. The molecule has 3 N–H and O–H groups in total. The summed E-state index contributed by atoms with van der Waals surface area (Å²) in [5.41, 5.74) is 6.98. The lowest BCUT2D eigenvalue weighted by atomic mass is 9.93. The molecule has 0 bridgehead atoms. The van der Waals surface area contributed by atoms with Gasteiger partial charge in [-0.05, 0) is 40.0 Å². The third-order valence-electron chi connectivity index (χ3n) is 2.75. The number of carbonyl (C=O) groups is 1. The summed E-state index contributed by atoms with van der Waals surface area (Å²) < 4.78 is 0.818. The Hall–Kier alpha value is -0.580. The second-order valence-electron chi connectivity index (χ2n) is 3.92. The topological polar surface area (TPSA) is 55.1 Å². The van der Waals surface area contributed by atoms with Gasteiger partial charge in [-0.25, -0.2) is 0 Å². The molecule has 1 aliphatic heterocycles. The Labute approximate surface area is 107 Å². The molecule has 1 aromatic carbocycles. The Morgan fingerprint density at radius 2 is 2.25 bits per heavy atom. The summed E-state index contributed by atoms with van der Waals surface area (Å²) in [6.45, 7) is 0. The highest BCUT2D eigenvalue weighted by Crippen LogP contribution is 2.29. The van der Waals surface area contributed by atoms with Crippen molar-refractivity contribution in [3.05, 3.63) is 33.3 Å². The van der Waals surface area contributed by atoms with Gasteiger partial charge in [0, 0.05) is 16.9 Å². The van der Waals surface area contributed by atoms with E-state index in [4.69, 9.17) is 17.3 Å². The molecular weight excluding hydrogens is 291 g/mol. The number of amides is 1. The molecule has 2 rings (SSSR count). The molecule has 3 nitrogen and oxygen atoms in total. The van der Waals surface area contributed by atoms with Crippen LogP contribution in [-0.4, -0.2) is 11.9 Å². The predicted octanol–water partition coefficient (Wildman–Crippen LogP) is 2.38. The quantitative estimate of drug-likeness (QED) is 0.837. The zero-order valence-corrected chi connectivity index (χ0v) is 10.9. The molecule has 16 heavy (non-hydrogen) atoms. The van der Waals surface area contributed by atoms with Crippen LogP contribution >= 0.6 is 27.5 Å². The highest BCUT2D eigenvalue weighted by Gasteiger charge is 2.27. The van der Waals surface area contributed by atoms with Gasteiger partial charge in [0.1, 0.15) is 0 Å². The van der Waals surface area contributed by atoms with E-state index in [0.717, 1.165) is 16.5 Å². The van der Waals surface area contributed by atoms with Crippen LogP contribution < -0.4 is 11.1 Å². The third-order valence-corrected chi connectivity index (χ3v) is 3.97. The van der Waals surface area contributed by atoms with Crippen LogP contribution in [-0.2, 0) is 4.79 Å². The first-order valence-electron chi connectivity index (χ1n) is 5.08. The molecule has 0 saturated carbocycles. The fourth-order valence-electron chi connectivity index (χ4n) is 1.85. The first-order valence-corrected chi connectivity index (χ1v) is 6.25. The number of hydrogen-bond acceptors (Lipinski definition) is 2. The molecular formula is C11H12BrClN2O. The second kappa shape index (κ2) is 4.73. The Morgan fingerprint density at radius 1 is 1.50 bits per heavy atom.